The number of aliphatic hydroxyl groups excluding tert-OH is 3. The molecule has 7 fully saturated rings. The number of esters is 1. The number of carbonyl (C=O) groups is 2. The molecule has 24 atom stereocenters. The highest BCUT2D eigenvalue weighted by molar-refractivity contribution is 5.80. The van der Waals surface area contributed by atoms with E-state index in [4.69, 9.17) is 52.1 Å². The summed E-state index contributed by atoms with van der Waals surface area (Å²) in [7, 11) is 3.14. The summed E-state index contributed by atoms with van der Waals surface area (Å²) in [6.07, 6.45) is -5.55. The summed E-state index contributed by atoms with van der Waals surface area (Å²) >= 11 is 0. The van der Waals surface area contributed by atoms with Crippen LogP contribution < -0.4 is 0 Å². The first-order valence-corrected chi connectivity index (χ1v) is 24.7. The highest BCUT2D eigenvalue weighted by atomic mass is 16.8. The van der Waals surface area contributed by atoms with E-state index in [-0.39, 0.29) is 37.6 Å². The molecule has 5 N–H and O–H groups in total. The molecule has 0 radical (unpaired) electrons. The minimum atomic E-state index is -1.63. The lowest BCUT2D eigenvalue weighted by Crippen LogP contribution is -2.75. The molecule has 4 heterocycles. The van der Waals surface area contributed by atoms with E-state index in [0.717, 1.165) is 5.57 Å². The Labute approximate surface area is 394 Å². The minimum Gasteiger partial charge on any atom is -0.462 e. The Morgan fingerprint density at radius 2 is 1.19 bits per heavy atom. The Balaban J connectivity index is 0.840. The number of methoxy groups -OCH3 is 2. The fraction of sp³-hybridized carbons (Fsp3) is 0.918. The van der Waals surface area contributed by atoms with Crippen molar-refractivity contribution >= 4 is 11.8 Å². The lowest BCUT2D eigenvalue weighted by Gasteiger charge is -2.66. The van der Waals surface area contributed by atoms with Crippen LogP contribution in [0, 0.1) is 22.7 Å². The van der Waals surface area contributed by atoms with Gasteiger partial charge in [0.1, 0.15) is 47.5 Å². The van der Waals surface area contributed by atoms with Crippen LogP contribution in [-0.4, -0.2) is 173 Å². The van der Waals surface area contributed by atoms with Crippen LogP contribution in [0.1, 0.15) is 126 Å². The van der Waals surface area contributed by atoms with Gasteiger partial charge in [-0.2, -0.15) is 0 Å². The number of carbonyl (C=O) groups excluding carboxylic acids is 2. The summed E-state index contributed by atoms with van der Waals surface area (Å²) in [4.78, 5) is 25.4. The SMILES string of the molecule is CO[C@H]1C[C@H](O[C@H]2CC[C@@]3(C)C(=CC[C@]4(O)[C@@H]3C[C@@H](OC(C)=O)[C@]3(C)[C@H](C(C)=O)CC[C@@]34O)C2)O[C@H](C)[C@H]1O[C@H]1C[C@H](O)[C@H](O[C@H]2C[C@H](O)[C@H](O[C@H]3C[C@@H](OC)[C@H](O)[C@@H](C)O3)[C@@H](C)O2)[C@@H](C)O1. The Morgan fingerprint density at radius 3 is 1.75 bits per heavy atom. The molecule has 0 unspecified atom stereocenters. The third kappa shape index (κ3) is 9.24. The number of aliphatic hydroxyl groups is 5. The van der Waals surface area contributed by atoms with Crippen molar-refractivity contribution in [2.45, 2.75) is 248 Å². The zero-order valence-electron chi connectivity index (χ0n) is 40.9. The van der Waals surface area contributed by atoms with Gasteiger partial charge in [-0.3, -0.25) is 9.59 Å². The van der Waals surface area contributed by atoms with Crippen LogP contribution >= 0.6 is 0 Å². The van der Waals surface area contributed by atoms with Gasteiger partial charge in [-0.15, -0.1) is 0 Å². The van der Waals surface area contributed by atoms with E-state index in [1.54, 1.807) is 27.9 Å². The predicted octanol–water partition coefficient (Wildman–Crippen LogP) is 3.12. The minimum absolute atomic E-state index is 0.0761. The molecule has 8 aliphatic rings. The van der Waals surface area contributed by atoms with Crippen molar-refractivity contribution < 1.29 is 87.2 Å². The summed E-state index contributed by atoms with van der Waals surface area (Å²) in [6, 6.07) is 0. The first-order chi connectivity index (χ1) is 31.6. The molecule has 18 nitrogen and oxygen atoms in total. The normalized spacial score (nSPS) is 52.3. The van der Waals surface area contributed by atoms with Gasteiger partial charge < -0.3 is 77.6 Å². The van der Waals surface area contributed by atoms with Crippen LogP contribution in [0.2, 0.25) is 0 Å². The maximum absolute atomic E-state index is 13.0. The van der Waals surface area contributed by atoms with Crippen molar-refractivity contribution in [2.24, 2.45) is 22.7 Å². The largest absolute Gasteiger partial charge is 0.462 e. The van der Waals surface area contributed by atoms with Crippen LogP contribution in [0.25, 0.3) is 0 Å². The standard InChI is InChI=1S/C49H78O18/c1-23(50)31-13-16-49(56)47(31,8)37(63-28(6)51)22-36-46(7)14-12-30(17-29(46)11-15-48(36,49)55)64-40-21-35(58-10)45(27(5)62-40)67-39-19-33(53)43(25(3)61-39)65-38-18-32(52)44(26(4)60-38)66-41-20-34(57-9)42(54)24(2)59-41/h11,24-27,30-45,52-56H,12-22H2,1-10H3/t24-,25-,26-,27-,30+,31+,32+,33+,34-,35+,36-,37-,38+,39+,40+,41+,42-,43-,44-,45-,46+,47+,48+,49-/m1/s1. The van der Waals surface area contributed by atoms with E-state index in [2.05, 4.69) is 13.0 Å². The van der Waals surface area contributed by atoms with Crippen molar-refractivity contribution in [3.63, 3.8) is 0 Å². The van der Waals surface area contributed by atoms with Crippen LogP contribution in [0.3, 0.4) is 0 Å². The summed E-state index contributed by atoms with van der Waals surface area (Å²) in [5.41, 5.74) is -3.66. The molecule has 0 bridgehead atoms. The number of hydrogen-bond acceptors (Lipinski definition) is 18. The quantitative estimate of drug-likeness (QED) is 0.140. The fourth-order valence-corrected chi connectivity index (χ4v) is 13.9. The second-order valence-electron chi connectivity index (χ2n) is 21.5. The molecule has 0 spiro atoms. The molecule has 4 aliphatic heterocycles. The lowest BCUT2D eigenvalue weighted by atomic mass is 9.43. The van der Waals surface area contributed by atoms with Crippen molar-refractivity contribution in [2.75, 3.05) is 14.2 Å². The second-order valence-corrected chi connectivity index (χ2v) is 21.5. The molecule has 0 amide bonds. The molecule has 3 saturated carbocycles. The highest BCUT2D eigenvalue weighted by Gasteiger charge is 2.77. The summed E-state index contributed by atoms with van der Waals surface area (Å²) in [5.74, 6) is -1.51. The van der Waals surface area contributed by atoms with Gasteiger partial charge in [0.15, 0.2) is 25.2 Å². The lowest BCUT2D eigenvalue weighted by molar-refractivity contribution is -0.345. The molecule has 0 aromatic heterocycles. The topological polar surface area (TPSA) is 237 Å². The Bertz CT molecular complexity index is 1780. The Morgan fingerprint density at radius 1 is 0.672 bits per heavy atom. The molecule has 0 aromatic rings. The summed E-state index contributed by atoms with van der Waals surface area (Å²) < 4.78 is 67.6. The zero-order valence-corrected chi connectivity index (χ0v) is 40.9. The summed E-state index contributed by atoms with van der Waals surface area (Å²) in [6.45, 7) is 14.0. The van der Waals surface area contributed by atoms with Gasteiger partial charge in [0.05, 0.1) is 54.9 Å². The Hall–Kier alpha value is -1.72. The monoisotopic (exact) mass is 955 g/mol. The number of ketones is 1. The number of fused-ring (bicyclic) bond motifs is 5. The van der Waals surface area contributed by atoms with Gasteiger partial charge in [0, 0.05) is 64.1 Å². The average Bonchev–Trinajstić information content (AvgIpc) is 3.56. The average molecular weight is 955 g/mol. The molecule has 4 aliphatic carbocycles. The van der Waals surface area contributed by atoms with Gasteiger partial charge in [-0.05, 0) is 85.0 Å². The predicted molar refractivity (Wildman–Crippen MR) is 235 cm³/mol. The molecule has 4 saturated heterocycles. The van der Waals surface area contributed by atoms with E-state index in [9.17, 15) is 35.1 Å². The maximum Gasteiger partial charge on any atom is 0.302 e. The van der Waals surface area contributed by atoms with Gasteiger partial charge in [0.2, 0.25) is 0 Å². The van der Waals surface area contributed by atoms with Gasteiger partial charge in [-0.1, -0.05) is 25.5 Å². The first-order valence-electron chi connectivity index (χ1n) is 24.7. The van der Waals surface area contributed by atoms with Crippen molar-refractivity contribution in [1.82, 2.24) is 0 Å². The van der Waals surface area contributed by atoms with E-state index in [0.29, 0.717) is 44.9 Å². The van der Waals surface area contributed by atoms with E-state index >= 15 is 0 Å². The number of Topliss-reactive ketones (excluding diaryl/α,β-unsaturated/α-hetero) is 1. The van der Waals surface area contributed by atoms with E-state index in [1.165, 1.54) is 21.0 Å². The molecule has 67 heavy (non-hydrogen) atoms. The third-order valence-electron chi connectivity index (χ3n) is 17.6. The molecular weight excluding hydrogens is 877 g/mol. The highest BCUT2D eigenvalue weighted by Crippen LogP contribution is 2.70. The van der Waals surface area contributed by atoms with Gasteiger partial charge >= 0.3 is 5.97 Å². The van der Waals surface area contributed by atoms with Crippen molar-refractivity contribution in [1.29, 1.82) is 0 Å². The van der Waals surface area contributed by atoms with Gasteiger partial charge in [-0.25, -0.2) is 0 Å². The Kier molecular flexibility index (Phi) is 15.2. The van der Waals surface area contributed by atoms with Crippen LogP contribution in [0.5, 0.6) is 0 Å². The molecule has 0 aromatic carbocycles. The van der Waals surface area contributed by atoms with Gasteiger partial charge in [0.25, 0.3) is 0 Å². The number of ether oxygens (including phenoxy) is 11. The third-order valence-corrected chi connectivity index (χ3v) is 17.6. The molecular formula is C49H78O18. The second kappa shape index (κ2) is 19.7. The first kappa shape index (κ1) is 51.6. The zero-order chi connectivity index (χ0) is 48.5. The number of rotatable bonds is 12. The van der Waals surface area contributed by atoms with Crippen molar-refractivity contribution in [3.05, 3.63) is 11.6 Å². The maximum atomic E-state index is 13.0. The smallest absolute Gasteiger partial charge is 0.302 e. The molecule has 382 valence electrons. The van der Waals surface area contributed by atoms with Crippen molar-refractivity contribution in [3.8, 4) is 0 Å². The molecule has 18 heteroatoms. The molecule has 8 rings (SSSR count). The fourth-order valence-electron chi connectivity index (χ4n) is 13.9. The number of hydrogen-bond donors (Lipinski definition) is 5. The van der Waals surface area contributed by atoms with Crippen LogP contribution in [0.15, 0.2) is 11.6 Å². The summed E-state index contributed by atoms with van der Waals surface area (Å²) in [5, 5.41) is 58.2. The van der Waals surface area contributed by atoms with E-state index in [1.807, 2.05) is 13.8 Å². The van der Waals surface area contributed by atoms with Crippen LogP contribution in [-0.2, 0) is 61.7 Å². The van der Waals surface area contributed by atoms with E-state index < -0.39 is 144 Å². The van der Waals surface area contributed by atoms with Crippen LogP contribution in [0.4, 0.5) is 0 Å².